The number of aliphatic hydroxyl groups excluding tert-OH is 1. The lowest BCUT2D eigenvalue weighted by atomic mass is 9.32. The van der Waals surface area contributed by atoms with Crippen molar-refractivity contribution in [3.8, 4) is 5.75 Å². The molecule has 0 aromatic heterocycles. The number of nitrogens with zero attached hydrogens (tertiary/aromatic N) is 1. The fourth-order valence-corrected chi connectivity index (χ4v) is 12.0. The van der Waals surface area contributed by atoms with Crippen LogP contribution in [0.15, 0.2) is 90.5 Å². The molecule has 6 aliphatic rings. The summed E-state index contributed by atoms with van der Waals surface area (Å²) in [6, 6.07) is 21.6. The van der Waals surface area contributed by atoms with Crippen molar-refractivity contribution in [2.45, 2.75) is 96.9 Å². The van der Waals surface area contributed by atoms with Crippen LogP contribution in [0, 0.1) is 33.5 Å². The lowest BCUT2D eigenvalue weighted by Gasteiger charge is -2.71. The number of Topliss-reactive ketones (excluding diaryl/α,β-unsaturated/α-hetero) is 1. The maximum Gasteiger partial charge on any atom is 0.317 e. The van der Waals surface area contributed by atoms with Crippen LogP contribution in [0.5, 0.6) is 5.75 Å². The van der Waals surface area contributed by atoms with Crippen LogP contribution in [0.2, 0.25) is 0 Å². The van der Waals surface area contributed by atoms with Crippen molar-refractivity contribution in [3.63, 3.8) is 0 Å². The first-order valence-corrected chi connectivity index (χ1v) is 19.3. The third-order valence-corrected chi connectivity index (χ3v) is 14.7. The molecule has 0 heterocycles. The molecule has 3 N–H and O–H groups in total. The zero-order chi connectivity index (χ0) is 36.7. The Labute approximate surface area is 308 Å². The summed E-state index contributed by atoms with van der Waals surface area (Å²) in [7, 11) is 1.63. The third-order valence-electron chi connectivity index (χ3n) is 14.7. The maximum atomic E-state index is 14.9. The van der Waals surface area contributed by atoms with Gasteiger partial charge in [-0.1, -0.05) is 74.5 Å². The molecule has 3 fully saturated rings. The summed E-state index contributed by atoms with van der Waals surface area (Å²) in [5.74, 6) is 0.903. The Hall–Kier alpha value is -3.94. The lowest BCUT2D eigenvalue weighted by molar-refractivity contribution is -0.174. The van der Waals surface area contributed by atoms with Crippen LogP contribution in [0.1, 0.15) is 88.6 Å². The van der Waals surface area contributed by atoms with E-state index in [9.17, 15) is 19.8 Å². The highest BCUT2D eigenvalue weighted by Gasteiger charge is 2.74. The molecule has 2 bridgehead atoms. The van der Waals surface area contributed by atoms with Gasteiger partial charge in [0.1, 0.15) is 5.75 Å². The first-order valence-electron chi connectivity index (χ1n) is 19.3. The highest BCUT2D eigenvalue weighted by atomic mass is 16.5. The molecule has 3 aromatic rings. The van der Waals surface area contributed by atoms with Gasteiger partial charge >= 0.3 is 6.03 Å². The second-order valence-corrected chi connectivity index (χ2v) is 17.5. The number of hydrogen-bond donors (Lipinski definition) is 3. The summed E-state index contributed by atoms with van der Waals surface area (Å²) in [6.07, 6.45) is 11.8. The summed E-state index contributed by atoms with van der Waals surface area (Å²) < 4.78 is 5.42. The van der Waals surface area contributed by atoms with Crippen molar-refractivity contribution in [1.29, 1.82) is 0 Å². The standard InChI is InChI=1S/C45H54N2O5/c1-29(2)46-40(50)47(27-32-11-8-10-30-9-6-7-12-35(30)32)28-44(51)22-19-38-42(44,4)21-18-37-41(3)20-17-33(48)25-43(41)23-24-45(37,38)36(26-43)39(49)31-13-15-34(52-5)16-14-31/h6-16,23-24,26,29,33,37-38,48,51H,17-22,25,27-28H2,1-5H3,(H,46,50). The minimum Gasteiger partial charge on any atom is -0.497 e. The molecule has 274 valence electrons. The summed E-state index contributed by atoms with van der Waals surface area (Å²) in [5.41, 5.74) is -0.341. The summed E-state index contributed by atoms with van der Waals surface area (Å²) in [5, 5.41) is 29.5. The average molecular weight is 703 g/mol. The third kappa shape index (κ3) is 4.98. The minimum absolute atomic E-state index is 0.0111. The Balaban J connectivity index is 1.20. The van der Waals surface area contributed by atoms with Gasteiger partial charge in [-0.25, -0.2) is 4.79 Å². The molecule has 52 heavy (non-hydrogen) atoms. The zero-order valence-corrected chi connectivity index (χ0v) is 31.3. The number of ether oxygens (including phenoxy) is 1. The van der Waals surface area contributed by atoms with Gasteiger partial charge in [-0.2, -0.15) is 0 Å². The molecule has 8 unspecified atom stereocenters. The normalized spacial score (nSPS) is 35.8. The average Bonchev–Trinajstić information content (AvgIpc) is 3.40. The van der Waals surface area contributed by atoms with E-state index in [0.717, 1.165) is 54.0 Å². The van der Waals surface area contributed by atoms with Crippen molar-refractivity contribution < 1.29 is 24.5 Å². The maximum absolute atomic E-state index is 14.9. The number of carbonyl (C=O) groups is 2. The van der Waals surface area contributed by atoms with Gasteiger partial charge in [-0.05, 0) is 117 Å². The number of aliphatic hydroxyl groups is 2. The molecule has 3 saturated carbocycles. The van der Waals surface area contributed by atoms with E-state index in [1.165, 1.54) is 0 Å². The second-order valence-electron chi connectivity index (χ2n) is 17.5. The first-order chi connectivity index (χ1) is 24.8. The van der Waals surface area contributed by atoms with Crippen molar-refractivity contribution >= 4 is 22.6 Å². The van der Waals surface area contributed by atoms with Crippen LogP contribution in [-0.4, -0.2) is 58.3 Å². The summed E-state index contributed by atoms with van der Waals surface area (Å²) in [6.45, 7) is 9.14. The Kier molecular flexibility index (Phi) is 8.31. The summed E-state index contributed by atoms with van der Waals surface area (Å²) in [4.78, 5) is 30.7. The van der Waals surface area contributed by atoms with Gasteiger partial charge in [0.05, 0.1) is 25.4 Å². The predicted octanol–water partition coefficient (Wildman–Crippen LogP) is 8.24. The van der Waals surface area contributed by atoms with Gasteiger partial charge in [-0.3, -0.25) is 4.79 Å². The number of urea groups is 1. The van der Waals surface area contributed by atoms with Gasteiger partial charge in [0.25, 0.3) is 0 Å². The van der Waals surface area contributed by atoms with Crippen molar-refractivity contribution in [2.75, 3.05) is 13.7 Å². The highest BCUT2D eigenvalue weighted by molar-refractivity contribution is 6.10. The number of fused-ring (bicyclic) bond motifs is 2. The monoisotopic (exact) mass is 702 g/mol. The molecule has 0 aliphatic heterocycles. The molecule has 3 aromatic carbocycles. The number of rotatable bonds is 8. The van der Waals surface area contributed by atoms with Gasteiger partial charge in [-0.15, -0.1) is 0 Å². The molecule has 7 nitrogen and oxygen atoms in total. The molecule has 2 amide bonds. The SMILES string of the molecule is COc1ccc(C(=O)C2=CC34C=CC25C(CCC2(C)C5CCC2(O)CN(Cc2cccc5ccccc25)C(=O)NC(C)C)C3(C)CCC(O)C4)cc1. The van der Waals surface area contributed by atoms with Crippen LogP contribution in [-0.2, 0) is 6.54 Å². The van der Waals surface area contributed by atoms with Crippen molar-refractivity contribution in [1.82, 2.24) is 10.2 Å². The van der Waals surface area contributed by atoms with E-state index in [1.807, 2.05) is 61.2 Å². The number of ketones is 1. The summed E-state index contributed by atoms with van der Waals surface area (Å²) >= 11 is 0. The molecule has 0 saturated heterocycles. The topological polar surface area (TPSA) is 99.1 Å². The molecule has 8 atom stereocenters. The van der Waals surface area contributed by atoms with Crippen LogP contribution in [0.3, 0.4) is 0 Å². The fraction of sp³-hybridized carbons (Fsp3) is 0.511. The first kappa shape index (κ1) is 35.1. The fourth-order valence-electron chi connectivity index (χ4n) is 12.0. The number of amides is 2. The number of benzene rings is 3. The van der Waals surface area contributed by atoms with E-state index in [2.05, 4.69) is 61.7 Å². The van der Waals surface area contributed by atoms with Crippen molar-refractivity contribution in [2.24, 2.45) is 33.5 Å². The van der Waals surface area contributed by atoms with Gasteiger partial charge in [0.15, 0.2) is 5.78 Å². The van der Waals surface area contributed by atoms with Crippen LogP contribution in [0.25, 0.3) is 10.8 Å². The zero-order valence-electron chi connectivity index (χ0n) is 31.3. The Bertz CT molecular complexity index is 1960. The van der Waals surface area contributed by atoms with E-state index < -0.39 is 27.9 Å². The van der Waals surface area contributed by atoms with Crippen LogP contribution < -0.4 is 10.1 Å². The number of nitrogens with one attached hydrogen (secondary N) is 1. The highest BCUT2D eigenvalue weighted by Crippen LogP contribution is 2.78. The van der Waals surface area contributed by atoms with E-state index >= 15 is 0 Å². The van der Waals surface area contributed by atoms with E-state index in [4.69, 9.17) is 4.74 Å². The second kappa shape index (κ2) is 12.3. The number of hydrogen-bond acceptors (Lipinski definition) is 5. The van der Waals surface area contributed by atoms with Crippen LogP contribution in [0.4, 0.5) is 4.79 Å². The predicted molar refractivity (Wildman–Crippen MR) is 204 cm³/mol. The molecule has 2 spiro atoms. The number of carbonyl (C=O) groups excluding carboxylic acids is 2. The quantitative estimate of drug-likeness (QED) is 0.162. The molecular formula is C45H54N2O5. The Morgan fingerprint density at radius 2 is 1.60 bits per heavy atom. The molecule has 0 radical (unpaired) electrons. The smallest absolute Gasteiger partial charge is 0.317 e. The Morgan fingerprint density at radius 3 is 2.35 bits per heavy atom. The number of allylic oxidation sites excluding steroid dienone is 4. The van der Waals surface area contributed by atoms with Gasteiger partial charge < -0.3 is 25.2 Å². The van der Waals surface area contributed by atoms with E-state index in [-0.39, 0.29) is 41.7 Å². The Morgan fingerprint density at radius 1 is 0.904 bits per heavy atom. The largest absolute Gasteiger partial charge is 0.497 e. The van der Waals surface area contributed by atoms with Crippen LogP contribution >= 0.6 is 0 Å². The lowest BCUT2D eigenvalue weighted by Crippen LogP contribution is -2.67. The van der Waals surface area contributed by atoms with Gasteiger partial charge in [0, 0.05) is 40.0 Å². The van der Waals surface area contributed by atoms with E-state index in [1.54, 1.807) is 7.11 Å². The van der Waals surface area contributed by atoms with Gasteiger partial charge in [0.2, 0.25) is 0 Å². The molecule has 7 heteroatoms. The molecule has 9 rings (SSSR count). The van der Waals surface area contributed by atoms with Crippen molar-refractivity contribution in [3.05, 3.63) is 102 Å². The number of methoxy groups -OCH3 is 1. The molecule has 6 aliphatic carbocycles. The molecular weight excluding hydrogens is 649 g/mol. The minimum atomic E-state index is -1.17. The van der Waals surface area contributed by atoms with E-state index in [0.29, 0.717) is 30.7 Å².